The highest BCUT2D eigenvalue weighted by Crippen LogP contribution is 2.17. The maximum absolute atomic E-state index is 11.2. The summed E-state index contributed by atoms with van der Waals surface area (Å²) in [6.07, 6.45) is 2.31. The second-order valence-electron chi connectivity index (χ2n) is 4.50. The molecule has 0 unspecified atom stereocenters. The fraction of sp³-hybridized carbons (Fsp3) is 0.200. The Bertz CT molecular complexity index is 609. The second kappa shape index (κ2) is 6.06. The Balaban J connectivity index is 2.02. The molecule has 0 saturated heterocycles. The third-order valence-corrected chi connectivity index (χ3v) is 3.02. The van der Waals surface area contributed by atoms with Gasteiger partial charge in [0.15, 0.2) is 0 Å². The normalized spacial score (nSPS) is 10.2. The molecule has 5 heteroatoms. The second-order valence-corrected chi connectivity index (χ2v) is 4.50. The lowest BCUT2D eigenvalue weighted by atomic mass is 10.1. The molecule has 0 amide bonds. The van der Waals surface area contributed by atoms with Crippen molar-refractivity contribution in [2.24, 2.45) is 0 Å². The van der Waals surface area contributed by atoms with Crippen LogP contribution in [0.4, 0.5) is 5.82 Å². The molecule has 20 heavy (non-hydrogen) atoms. The smallest absolute Gasteiger partial charge is 0.339 e. The fourth-order valence-corrected chi connectivity index (χ4v) is 1.95. The van der Waals surface area contributed by atoms with Crippen LogP contribution in [0, 0.1) is 6.92 Å². The number of hydrogen-bond donors (Lipinski definition) is 3. The van der Waals surface area contributed by atoms with Gasteiger partial charge < -0.3 is 15.5 Å². The van der Waals surface area contributed by atoms with E-state index < -0.39 is 5.97 Å². The zero-order valence-corrected chi connectivity index (χ0v) is 11.1. The van der Waals surface area contributed by atoms with E-state index in [0.29, 0.717) is 17.9 Å². The minimum atomic E-state index is -0.984. The van der Waals surface area contributed by atoms with Crippen molar-refractivity contribution in [1.29, 1.82) is 0 Å². The summed E-state index contributed by atoms with van der Waals surface area (Å²) in [7, 11) is 0. The van der Waals surface area contributed by atoms with Crippen molar-refractivity contribution in [2.45, 2.75) is 13.3 Å². The molecule has 0 aliphatic carbocycles. The molecular formula is C15H16N2O3. The van der Waals surface area contributed by atoms with Crippen LogP contribution >= 0.6 is 0 Å². The molecule has 0 fully saturated rings. The summed E-state index contributed by atoms with van der Waals surface area (Å²) in [5.41, 5.74) is 1.94. The molecule has 1 aromatic heterocycles. The van der Waals surface area contributed by atoms with Gasteiger partial charge in [-0.1, -0.05) is 12.1 Å². The number of aryl methyl sites for hydroxylation is 1. The maximum Gasteiger partial charge on any atom is 0.339 e. The number of benzene rings is 1. The third-order valence-electron chi connectivity index (χ3n) is 3.02. The lowest BCUT2D eigenvalue weighted by Gasteiger charge is -2.10. The molecular weight excluding hydrogens is 256 g/mol. The quantitative estimate of drug-likeness (QED) is 0.778. The zero-order valence-electron chi connectivity index (χ0n) is 11.1. The summed E-state index contributed by atoms with van der Waals surface area (Å²) in [5, 5.41) is 21.4. The first-order chi connectivity index (χ1) is 9.58. The number of carboxylic acid groups (broad SMARTS) is 1. The van der Waals surface area contributed by atoms with Crippen LogP contribution in [0.5, 0.6) is 5.75 Å². The highest BCUT2D eigenvalue weighted by molar-refractivity contribution is 5.94. The molecule has 0 spiro atoms. The lowest BCUT2D eigenvalue weighted by Crippen LogP contribution is -2.12. The number of nitrogens with zero attached hydrogens (tertiary/aromatic N) is 1. The van der Waals surface area contributed by atoms with Crippen molar-refractivity contribution < 1.29 is 15.0 Å². The van der Waals surface area contributed by atoms with Crippen molar-refractivity contribution >= 4 is 11.8 Å². The van der Waals surface area contributed by atoms with Gasteiger partial charge in [0.05, 0.1) is 0 Å². The van der Waals surface area contributed by atoms with Gasteiger partial charge in [-0.15, -0.1) is 0 Å². The van der Waals surface area contributed by atoms with Gasteiger partial charge in [0.2, 0.25) is 0 Å². The number of anilines is 1. The van der Waals surface area contributed by atoms with E-state index in [4.69, 9.17) is 0 Å². The van der Waals surface area contributed by atoms with Crippen molar-refractivity contribution in [1.82, 2.24) is 4.98 Å². The number of rotatable bonds is 5. The molecule has 104 valence electrons. The summed E-state index contributed by atoms with van der Waals surface area (Å²) >= 11 is 0. The number of aromatic nitrogens is 1. The number of aromatic hydroxyl groups is 1. The lowest BCUT2D eigenvalue weighted by molar-refractivity contribution is 0.0697. The maximum atomic E-state index is 11.2. The number of carbonyl (C=O) groups is 1. The van der Waals surface area contributed by atoms with E-state index in [2.05, 4.69) is 10.3 Å². The van der Waals surface area contributed by atoms with Crippen molar-refractivity contribution in [3.8, 4) is 5.75 Å². The first-order valence-electron chi connectivity index (χ1n) is 6.28. The molecule has 0 radical (unpaired) electrons. The van der Waals surface area contributed by atoms with Gasteiger partial charge in [0.25, 0.3) is 0 Å². The van der Waals surface area contributed by atoms with Crippen molar-refractivity contribution in [3.63, 3.8) is 0 Å². The molecule has 0 saturated carbocycles. The zero-order chi connectivity index (χ0) is 14.5. The van der Waals surface area contributed by atoms with Gasteiger partial charge in [-0.05, 0) is 42.7 Å². The minimum absolute atomic E-state index is 0.207. The van der Waals surface area contributed by atoms with Gasteiger partial charge in [-0.25, -0.2) is 9.78 Å². The average Bonchev–Trinajstić information content (AvgIpc) is 2.40. The van der Waals surface area contributed by atoms with Crippen LogP contribution < -0.4 is 5.32 Å². The number of hydrogen-bond acceptors (Lipinski definition) is 4. The number of phenolic OH excluding ortho intramolecular Hbond substituents is 1. The minimum Gasteiger partial charge on any atom is -0.508 e. The van der Waals surface area contributed by atoms with Gasteiger partial charge >= 0.3 is 5.97 Å². The number of nitrogens with one attached hydrogen (secondary N) is 1. The molecule has 0 aliphatic rings. The number of phenols is 1. The Morgan fingerprint density at radius 2 is 1.95 bits per heavy atom. The van der Waals surface area contributed by atoms with Crippen LogP contribution in [0.25, 0.3) is 0 Å². The van der Waals surface area contributed by atoms with Gasteiger partial charge in [0.1, 0.15) is 17.1 Å². The number of carboxylic acids is 1. The van der Waals surface area contributed by atoms with Crippen LogP contribution in [0.15, 0.2) is 36.5 Å². The van der Waals surface area contributed by atoms with E-state index in [0.717, 1.165) is 12.0 Å². The highest BCUT2D eigenvalue weighted by Gasteiger charge is 2.13. The predicted molar refractivity (Wildman–Crippen MR) is 76.2 cm³/mol. The average molecular weight is 272 g/mol. The number of pyridine rings is 1. The van der Waals surface area contributed by atoms with Crippen molar-refractivity contribution in [2.75, 3.05) is 11.9 Å². The Morgan fingerprint density at radius 3 is 2.60 bits per heavy atom. The fourth-order valence-electron chi connectivity index (χ4n) is 1.95. The molecule has 1 heterocycles. The molecule has 0 bridgehead atoms. The molecule has 0 aliphatic heterocycles. The Hall–Kier alpha value is -2.56. The third kappa shape index (κ3) is 3.26. The molecule has 3 N–H and O–H groups in total. The summed E-state index contributed by atoms with van der Waals surface area (Å²) in [5.74, 6) is -0.366. The molecule has 2 aromatic rings. The monoisotopic (exact) mass is 272 g/mol. The van der Waals surface area contributed by atoms with Crippen LogP contribution in [-0.2, 0) is 6.42 Å². The summed E-state index contributed by atoms with van der Waals surface area (Å²) in [4.78, 5) is 15.3. The summed E-state index contributed by atoms with van der Waals surface area (Å²) < 4.78 is 0. The first kappa shape index (κ1) is 13.9. The standard InChI is InChI=1S/C15H16N2O3/c1-10-6-8-16-14(13(10)15(19)20)17-9-7-11-2-4-12(18)5-3-11/h2-6,8,18H,7,9H2,1H3,(H,16,17)(H,19,20). The van der Waals surface area contributed by atoms with Crippen LogP contribution in [-0.4, -0.2) is 27.7 Å². The van der Waals surface area contributed by atoms with Crippen LogP contribution in [0.1, 0.15) is 21.5 Å². The highest BCUT2D eigenvalue weighted by atomic mass is 16.4. The summed E-state index contributed by atoms with van der Waals surface area (Å²) in [6, 6.07) is 8.60. The van der Waals surface area contributed by atoms with E-state index in [-0.39, 0.29) is 11.3 Å². The largest absolute Gasteiger partial charge is 0.508 e. The molecule has 5 nitrogen and oxygen atoms in total. The predicted octanol–water partition coefficient (Wildman–Crippen LogP) is 2.45. The van der Waals surface area contributed by atoms with E-state index in [1.54, 1.807) is 31.3 Å². The molecule has 1 aromatic carbocycles. The van der Waals surface area contributed by atoms with Gasteiger partial charge in [-0.2, -0.15) is 0 Å². The summed E-state index contributed by atoms with van der Waals surface area (Å²) in [6.45, 7) is 2.32. The van der Waals surface area contributed by atoms with Gasteiger partial charge in [-0.3, -0.25) is 0 Å². The van der Waals surface area contributed by atoms with E-state index >= 15 is 0 Å². The van der Waals surface area contributed by atoms with Crippen LogP contribution in [0.2, 0.25) is 0 Å². The molecule has 0 atom stereocenters. The van der Waals surface area contributed by atoms with E-state index in [1.165, 1.54) is 0 Å². The topological polar surface area (TPSA) is 82.5 Å². The first-order valence-corrected chi connectivity index (χ1v) is 6.28. The van der Waals surface area contributed by atoms with E-state index in [1.807, 2.05) is 12.1 Å². The SMILES string of the molecule is Cc1ccnc(NCCc2ccc(O)cc2)c1C(=O)O. The van der Waals surface area contributed by atoms with Crippen LogP contribution in [0.3, 0.4) is 0 Å². The Morgan fingerprint density at radius 1 is 1.25 bits per heavy atom. The van der Waals surface area contributed by atoms with E-state index in [9.17, 15) is 15.0 Å². The Kier molecular flexibility index (Phi) is 4.20. The molecule has 2 rings (SSSR count). The Labute approximate surface area is 116 Å². The number of aromatic carboxylic acids is 1. The van der Waals surface area contributed by atoms with Crippen molar-refractivity contribution in [3.05, 3.63) is 53.2 Å². The van der Waals surface area contributed by atoms with Gasteiger partial charge in [0, 0.05) is 12.7 Å².